The lowest BCUT2D eigenvalue weighted by molar-refractivity contribution is -0.0656. The van der Waals surface area contributed by atoms with Crippen molar-refractivity contribution in [2.45, 2.75) is 24.5 Å². The van der Waals surface area contributed by atoms with Gasteiger partial charge in [-0.25, -0.2) is 15.0 Å². The maximum absolute atomic E-state index is 10.9. The molecule has 4 atom stereocenters. The van der Waals surface area contributed by atoms with Crippen LogP contribution in [0.15, 0.2) is 49.1 Å². The molecule has 3 heterocycles. The van der Waals surface area contributed by atoms with Crippen molar-refractivity contribution >= 4 is 39.4 Å². The van der Waals surface area contributed by atoms with Crippen LogP contribution in [0.4, 0.5) is 5.82 Å². The molecule has 2 aromatic heterocycles. The van der Waals surface area contributed by atoms with E-state index in [2.05, 4.69) is 57.4 Å². The molecule has 9 heteroatoms. The molecule has 1 fully saturated rings. The van der Waals surface area contributed by atoms with Gasteiger partial charge in [0.2, 0.25) is 0 Å². The Bertz CT molecular complexity index is 1380. The molecule has 3 N–H and O–H groups in total. The maximum Gasteiger partial charge on any atom is 0.167 e. The summed E-state index contributed by atoms with van der Waals surface area (Å²) in [5.41, 5.74) is 10.4. The summed E-state index contributed by atoms with van der Waals surface area (Å²) in [7, 11) is 1.54. The maximum atomic E-state index is 10.9. The molecule has 1 aliphatic carbocycles. The second-order valence-electron chi connectivity index (χ2n) is 8.27. The Morgan fingerprint density at radius 2 is 2.00 bits per heavy atom. The lowest BCUT2D eigenvalue weighted by Gasteiger charge is -2.19. The second kappa shape index (κ2) is 7.89. The van der Waals surface area contributed by atoms with Gasteiger partial charge < -0.3 is 25.1 Å². The zero-order chi connectivity index (χ0) is 22.5. The number of nitrogens with zero attached hydrogens (tertiary/aromatic N) is 4. The summed E-state index contributed by atoms with van der Waals surface area (Å²) in [6.07, 6.45) is 2.41. The monoisotopic (exact) mass is 445 g/mol. The van der Waals surface area contributed by atoms with Crippen molar-refractivity contribution in [1.29, 1.82) is 0 Å². The Labute approximate surface area is 189 Å². The van der Waals surface area contributed by atoms with Gasteiger partial charge in [-0.15, -0.1) is 0 Å². The molecule has 2 aromatic carbocycles. The van der Waals surface area contributed by atoms with E-state index in [0.29, 0.717) is 17.8 Å². The molecule has 6 rings (SSSR count). The van der Waals surface area contributed by atoms with Crippen molar-refractivity contribution in [3.63, 3.8) is 0 Å². The minimum absolute atomic E-state index is 0.213. The minimum Gasteiger partial charge on any atom is -0.387 e. The van der Waals surface area contributed by atoms with E-state index in [-0.39, 0.29) is 12.4 Å². The highest BCUT2D eigenvalue weighted by molar-refractivity contribution is 6.09. The number of hydrogen-bond acceptors (Lipinski definition) is 8. The summed E-state index contributed by atoms with van der Waals surface area (Å²) in [6, 6.07) is 12.6. The van der Waals surface area contributed by atoms with Gasteiger partial charge in [-0.1, -0.05) is 36.4 Å². The highest BCUT2D eigenvalue weighted by Crippen LogP contribution is 2.37. The summed E-state index contributed by atoms with van der Waals surface area (Å²) in [5.74, 6) is 0.284. The van der Waals surface area contributed by atoms with Crippen LogP contribution in [0.2, 0.25) is 0 Å². The predicted molar refractivity (Wildman–Crippen MR) is 123 cm³/mol. The van der Waals surface area contributed by atoms with Crippen LogP contribution >= 0.6 is 0 Å². The molecular weight excluding hydrogens is 422 g/mol. The molecular formula is C24H23N5O4. The number of ether oxygens (including phenoxy) is 3. The highest BCUT2D eigenvalue weighted by Gasteiger charge is 2.45. The fourth-order valence-corrected chi connectivity index (χ4v) is 4.82. The molecule has 0 saturated carbocycles. The fraction of sp³-hybridized carbons (Fsp3) is 0.292. The standard InChI is InChI=1S/C24H23N5O4/c1-31-21-20(30)17(33-24(21)29-12-28-19-22(25)26-11-27-23(19)29)10-32-9-15-8-14-6-2-4-13-5-3-7-16(15)18(13)14/h2-8,11-12,17,20-21,24,30H,9-10H2,1H3,(H2,25,26,27)/t17-,20-,21-,24-/m1/s1. The fourth-order valence-electron chi connectivity index (χ4n) is 4.82. The summed E-state index contributed by atoms with van der Waals surface area (Å²) < 4.78 is 19.5. The molecule has 2 aliphatic rings. The number of methoxy groups -OCH3 is 1. The first-order valence-electron chi connectivity index (χ1n) is 10.8. The van der Waals surface area contributed by atoms with E-state index < -0.39 is 24.5 Å². The molecule has 33 heavy (non-hydrogen) atoms. The molecule has 0 spiro atoms. The zero-order valence-corrected chi connectivity index (χ0v) is 18.0. The summed E-state index contributed by atoms with van der Waals surface area (Å²) in [5, 5.41) is 13.3. The van der Waals surface area contributed by atoms with E-state index in [4.69, 9.17) is 19.9 Å². The molecule has 0 amide bonds. The normalized spacial score (nSPS) is 24.1. The van der Waals surface area contributed by atoms with Gasteiger partial charge in [0.05, 0.1) is 19.5 Å². The van der Waals surface area contributed by atoms with Crippen LogP contribution in [-0.2, 0) is 14.2 Å². The molecule has 168 valence electrons. The summed E-state index contributed by atoms with van der Waals surface area (Å²) in [6.45, 7) is 0.630. The van der Waals surface area contributed by atoms with Crippen LogP contribution < -0.4 is 5.73 Å². The number of aliphatic hydroxyl groups is 1. The van der Waals surface area contributed by atoms with Crippen LogP contribution in [0.1, 0.15) is 17.4 Å². The van der Waals surface area contributed by atoms with Crippen LogP contribution in [-0.4, -0.2) is 63.3 Å². The van der Waals surface area contributed by atoms with Crippen LogP contribution in [0.3, 0.4) is 0 Å². The van der Waals surface area contributed by atoms with Gasteiger partial charge in [0.1, 0.15) is 30.2 Å². The van der Waals surface area contributed by atoms with Gasteiger partial charge in [0.25, 0.3) is 0 Å². The van der Waals surface area contributed by atoms with Gasteiger partial charge >= 0.3 is 0 Å². The zero-order valence-electron chi connectivity index (χ0n) is 18.0. The number of hydrogen-bond donors (Lipinski definition) is 2. The highest BCUT2D eigenvalue weighted by atomic mass is 16.6. The molecule has 1 saturated heterocycles. The average Bonchev–Trinajstić information content (AvgIpc) is 3.50. The Kier molecular flexibility index (Phi) is 4.84. The Morgan fingerprint density at radius 3 is 2.85 bits per heavy atom. The topological polar surface area (TPSA) is 118 Å². The molecule has 9 nitrogen and oxygen atoms in total. The SMILES string of the molecule is CO[C@@H]1[C@H](O)[C@@H](COCC2=Cc3cccc4cccc2c34)O[C@H]1n1cnc2c(N)ncnc21. The smallest absolute Gasteiger partial charge is 0.167 e. The largest absolute Gasteiger partial charge is 0.387 e. The molecule has 0 unspecified atom stereocenters. The number of nitrogen functional groups attached to an aromatic ring is 1. The van der Waals surface area contributed by atoms with Crippen LogP contribution in [0.25, 0.3) is 33.6 Å². The third-order valence-electron chi connectivity index (χ3n) is 6.40. The number of rotatable bonds is 6. The van der Waals surface area contributed by atoms with Crippen molar-refractivity contribution < 1.29 is 19.3 Å². The predicted octanol–water partition coefficient (Wildman–Crippen LogP) is 2.41. The summed E-state index contributed by atoms with van der Waals surface area (Å²) >= 11 is 0. The lowest BCUT2D eigenvalue weighted by atomic mass is 10.0. The van der Waals surface area contributed by atoms with E-state index in [1.807, 2.05) is 0 Å². The van der Waals surface area contributed by atoms with Gasteiger partial charge in [-0.2, -0.15) is 0 Å². The van der Waals surface area contributed by atoms with Crippen molar-refractivity contribution in [3.8, 4) is 0 Å². The first-order valence-corrected chi connectivity index (χ1v) is 10.8. The number of anilines is 1. The van der Waals surface area contributed by atoms with Gasteiger partial charge in [-0.05, 0) is 33.5 Å². The van der Waals surface area contributed by atoms with E-state index in [9.17, 15) is 5.11 Å². The van der Waals surface area contributed by atoms with Crippen molar-refractivity contribution in [2.75, 3.05) is 26.1 Å². The Morgan fingerprint density at radius 1 is 1.15 bits per heavy atom. The van der Waals surface area contributed by atoms with Crippen molar-refractivity contribution in [2.24, 2.45) is 0 Å². The first-order chi connectivity index (χ1) is 16.2. The third-order valence-corrected chi connectivity index (χ3v) is 6.40. The van der Waals surface area contributed by atoms with Gasteiger partial charge in [-0.3, -0.25) is 4.57 Å². The number of aromatic nitrogens is 4. The van der Waals surface area contributed by atoms with E-state index >= 15 is 0 Å². The van der Waals surface area contributed by atoms with Gasteiger partial charge in [0, 0.05) is 7.11 Å². The number of aliphatic hydroxyl groups excluding tert-OH is 1. The minimum atomic E-state index is -0.880. The number of benzene rings is 2. The van der Waals surface area contributed by atoms with Gasteiger partial charge in [0.15, 0.2) is 17.7 Å². The van der Waals surface area contributed by atoms with E-state index in [1.165, 1.54) is 35.3 Å². The average molecular weight is 445 g/mol. The Balaban J connectivity index is 1.18. The Hall–Kier alpha value is -3.37. The number of nitrogens with two attached hydrogens (primary N) is 1. The first kappa shape index (κ1) is 20.3. The molecule has 0 radical (unpaired) electrons. The van der Waals surface area contributed by atoms with Crippen molar-refractivity contribution in [3.05, 3.63) is 60.2 Å². The second-order valence-corrected chi connectivity index (χ2v) is 8.27. The molecule has 1 aliphatic heterocycles. The van der Waals surface area contributed by atoms with Crippen molar-refractivity contribution in [1.82, 2.24) is 19.5 Å². The lowest BCUT2D eigenvalue weighted by Crippen LogP contribution is -2.35. The number of fused-ring (bicyclic) bond motifs is 1. The van der Waals surface area contributed by atoms with Crippen LogP contribution in [0, 0.1) is 0 Å². The quantitative estimate of drug-likeness (QED) is 0.465. The van der Waals surface area contributed by atoms with E-state index in [0.717, 1.165) is 5.57 Å². The van der Waals surface area contributed by atoms with E-state index in [1.54, 1.807) is 10.9 Å². The summed E-state index contributed by atoms with van der Waals surface area (Å²) in [4.78, 5) is 12.5. The molecule has 4 aromatic rings. The molecule has 0 bridgehead atoms. The number of imidazole rings is 1. The van der Waals surface area contributed by atoms with Crippen LogP contribution in [0.5, 0.6) is 0 Å². The third kappa shape index (κ3) is 3.20.